The number of nitrogens with one attached hydrogen (secondary N) is 3. The minimum absolute atomic E-state index is 0. The Bertz CT molecular complexity index is 2300. The molecule has 3 heterocycles. The van der Waals surface area contributed by atoms with Crippen molar-refractivity contribution in [1.82, 2.24) is 25.3 Å². The Labute approximate surface area is 389 Å². The van der Waals surface area contributed by atoms with E-state index in [9.17, 15) is 19.2 Å². The molecule has 19 heteroatoms. The first-order valence-corrected chi connectivity index (χ1v) is 21.4. The number of pyridine rings is 2. The summed E-state index contributed by atoms with van der Waals surface area (Å²) in [5, 5.41) is 18.2. The number of nitrogens with zero attached hydrogens (tertiary/aromatic N) is 4. The first-order chi connectivity index (χ1) is 29.7. The van der Waals surface area contributed by atoms with Gasteiger partial charge < -0.3 is 36.3 Å². The van der Waals surface area contributed by atoms with Gasteiger partial charge in [0, 0.05) is 60.2 Å². The zero-order valence-electron chi connectivity index (χ0n) is 34.4. The van der Waals surface area contributed by atoms with E-state index in [2.05, 4.69) is 51.8 Å². The SMILES string of the molecule is CC(=O)Nc1ccc(-c2ncccn2)c(C(=O)N[C@H]2CCC[C@@H]2COc2ccc(Cl)cc2)n1.CC(=O)Nc1ccc(Br)c(C(=O)O)n1.Cl.N[C@H]1CCC[C@@H]1COc1ccc(Cl)cc1. The molecule has 5 aromatic rings. The number of aromatic nitrogens is 4. The lowest BCUT2D eigenvalue weighted by molar-refractivity contribution is -0.115. The van der Waals surface area contributed by atoms with E-state index in [1.165, 1.54) is 38.8 Å². The molecule has 63 heavy (non-hydrogen) atoms. The predicted octanol–water partition coefficient (Wildman–Crippen LogP) is 8.90. The molecule has 0 radical (unpaired) electrons. The Hall–Kier alpha value is -5.39. The Balaban J connectivity index is 0.000000240. The fourth-order valence-corrected chi connectivity index (χ4v) is 7.39. The van der Waals surface area contributed by atoms with Gasteiger partial charge in [-0.1, -0.05) is 36.0 Å². The fraction of sp³-hybridized carbons (Fsp3) is 0.318. The largest absolute Gasteiger partial charge is 0.493 e. The van der Waals surface area contributed by atoms with E-state index in [0.29, 0.717) is 45.3 Å². The fourth-order valence-electron chi connectivity index (χ4n) is 6.75. The lowest BCUT2D eigenvalue weighted by Gasteiger charge is -2.22. The van der Waals surface area contributed by atoms with Crippen molar-refractivity contribution in [2.75, 3.05) is 23.8 Å². The monoisotopic (exact) mass is 984 g/mol. The van der Waals surface area contributed by atoms with Crippen LogP contribution < -0.4 is 31.2 Å². The highest BCUT2D eigenvalue weighted by molar-refractivity contribution is 9.10. The van der Waals surface area contributed by atoms with Gasteiger partial charge in [0.15, 0.2) is 11.5 Å². The van der Waals surface area contributed by atoms with Gasteiger partial charge in [-0.25, -0.2) is 24.7 Å². The number of rotatable bonds is 12. The lowest BCUT2D eigenvalue weighted by atomic mass is 10.0. The van der Waals surface area contributed by atoms with Gasteiger partial charge in [-0.15, -0.1) is 12.4 Å². The number of halogens is 4. The zero-order valence-corrected chi connectivity index (χ0v) is 38.3. The predicted molar refractivity (Wildman–Crippen MR) is 248 cm³/mol. The maximum absolute atomic E-state index is 13.3. The van der Waals surface area contributed by atoms with Gasteiger partial charge in [0.1, 0.15) is 28.8 Å². The minimum atomic E-state index is -1.15. The highest BCUT2D eigenvalue weighted by Crippen LogP contribution is 2.29. The van der Waals surface area contributed by atoms with Crippen LogP contribution in [0.15, 0.2) is 95.7 Å². The number of nitrogens with two attached hydrogens (primary N) is 1. The molecule has 2 aliphatic rings. The number of hydrogen-bond donors (Lipinski definition) is 5. The first kappa shape index (κ1) is 50.3. The number of anilines is 2. The van der Waals surface area contributed by atoms with Crippen LogP contribution in [0.1, 0.15) is 73.3 Å². The summed E-state index contributed by atoms with van der Waals surface area (Å²) in [6.07, 6.45) is 9.56. The van der Waals surface area contributed by atoms with Crippen LogP contribution in [0.2, 0.25) is 10.0 Å². The molecule has 7 rings (SSSR count). The second-order valence-corrected chi connectivity index (χ2v) is 16.2. The number of carboxylic acid groups (broad SMARTS) is 1. The van der Waals surface area contributed by atoms with Crippen LogP contribution >= 0.6 is 51.5 Å². The van der Waals surface area contributed by atoms with Crippen molar-refractivity contribution < 1.29 is 33.8 Å². The number of ether oxygens (including phenoxy) is 2. The van der Waals surface area contributed by atoms with Gasteiger partial charge in [0.05, 0.1) is 23.2 Å². The number of hydrogen-bond acceptors (Lipinski definition) is 11. The van der Waals surface area contributed by atoms with Crippen LogP contribution in [0.25, 0.3) is 11.4 Å². The Morgan fingerprint density at radius 2 is 1.24 bits per heavy atom. The smallest absolute Gasteiger partial charge is 0.355 e. The van der Waals surface area contributed by atoms with E-state index in [4.69, 9.17) is 43.5 Å². The van der Waals surface area contributed by atoms with Gasteiger partial charge in [-0.05, 0) is 120 Å². The van der Waals surface area contributed by atoms with Crippen LogP contribution in [-0.4, -0.2) is 74.0 Å². The molecule has 334 valence electrons. The summed E-state index contributed by atoms with van der Waals surface area (Å²) < 4.78 is 12.0. The third kappa shape index (κ3) is 16.0. The molecule has 2 aromatic carbocycles. The summed E-state index contributed by atoms with van der Waals surface area (Å²) in [7, 11) is 0. The van der Waals surface area contributed by atoms with Crippen LogP contribution in [-0.2, 0) is 9.59 Å². The van der Waals surface area contributed by atoms with Crippen molar-refractivity contribution in [1.29, 1.82) is 0 Å². The maximum atomic E-state index is 13.3. The van der Waals surface area contributed by atoms with Crippen LogP contribution in [0.4, 0.5) is 11.6 Å². The van der Waals surface area contributed by atoms with Gasteiger partial charge in [0.2, 0.25) is 11.8 Å². The molecule has 3 aromatic heterocycles. The number of aromatic carboxylic acids is 1. The van der Waals surface area contributed by atoms with E-state index in [-0.39, 0.29) is 59.3 Å². The van der Waals surface area contributed by atoms with Crippen molar-refractivity contribution in [2.24, 2.45) is 17.6 Å². The van der Waals surface area contributed by atoms with Gasteiger partial charge in [-0.3, -0.25) is 14.4 Å². The summed E-state index contributed by atoms with van der Waals surface area (Å²) in [6.45, 7) is 3.92. The zero-order chi connectivity index (χ0) is 44.6. The van der Waals surface area contributed by atoms with Gasteiger partial charge >= 0.3 is 5.97 Å². The van der Waals surface area contributed by atoms with Crippen molar-refractivity contribution in [3.63, 3.8) is 0 Å². The average Bonchev–Trinajstić information content (AvgIpc) is 3.88. The third-order valence-electron chi connectivity index (χ3n) is 9.82. The summed E-state index contributed by atoms with van der Waals surface area (Å²) in [6, 6.07) is 23.0. The van der Waals surface area contributed by atoms with E-state index in [1.807, 2.05) is 36.4 Å². The molecule has 3 amide bonds. The Morgan fingerprint density at radius 3 is 1.76 bits per heavy atom. The molecule has 0 bridgehead atoms. The maximum Gasteiger partial charge on any atom is 0.355 e. The summed E-state index contributed by atoms with van der Waals surface area (Å²) in [4.78, 5) is 62.7. The summed E-state index contributed by atoms with van der Waals surface area (Å²) in [5.41, 5.74) is 6.50. The Morgan fingerprint density at radius 1 is 0.730 bits per heavy atom. The number of carbonyl (C=O) groups is 4. The summed E-state index contributed by atoms with van der Waals surface area (Å²) >= 11 is 14.8. The van der Waals surface area contributed by atoms with Crippen LogP contribution in [0, 0.1) is 11.8 Å². The van der Waals surface area contributed by atoms with Gasteiger partial charge in [-0.2, -0.15) is 0 Å². The molecule has 0 unspecified atom stereocenters. The normalized spacial score (nSPS) is 17.3. The van der Waals surface area contributed by atoms with E-state index in [1.54, 1.807) is 42.7 Å². The molecule has 6 N–H and O–H groups in total. The first-order valence-electron chi connectivity index (χ1n) is 19.8. The molecule has 0 saturated heterocycles. The molecule has 0 aliphatic heterocycles. The highest BCUT2D eigenvalue weighted by Gasteiger charge is 2.31. The van der Waals surface area contributed by atoms with Crippen LogP contribution in [0.3, 0.4) is 0 Å². The molecule has 2 saturated carbocycles. The number of amides is 3. The average molecular weight is 987 g/mol. The number of carbonyl (C=O) groups excluding carboxylic acids is 3. The number of carboxylic acids is 1. The highest BCUT2D eigenvalue weighted by atomic mass is 79.9. The second-order valence-electron chi connectivity index (χ2n) is 14.5. The molecular formula is C44H48BrCl3N8O7. The Kier molecular flexibility index (Phi) is 20.0. The topological polar surface area (TPSA) is 221 Å². The second kappa shape index (κ2) is 25.0. The van der Waals surface area contributed by atoms with Gasteiger partial charge in [0.25, 0.3) is 5.91 Å². The molecule has 15 nitrogen and oxygen atoms in total. The molecule has 2 fully saturated rings. The lowest BCUT2D eigenvalue weighted by Crippen LogP contribution is -2.40. The van der Waals surface area contributed by atoms with Crippen molar-refractivity contribution in [2.45, 2.75) is 64.5 Å². The quantitative estimate of drug-likeness (QED) is 0.0791. The third-order valence-corrected chi connectivity index (χ3v) is 11.0. The van der Waals surface area contributed by atoms with Crippen molar-refractivity contribution in [3.8, 4) is 22.9 Å². The molecule has 0 spiro atoms. The van der Waals surface area contributed by atoms with E-state index < -0.39 is 5.97 Å². The van der Waals surface area contributed by atoms with E-state index >= 15 is 0 Å². The van der Waals surface area contributed by atoms with Crippen molar-refractivity contribution in [3.05, 3.63) is 117 Å². The number of benzene rings is 2. The molecular weight excluding hydrogens is 939 g/mol. The van der Waals surface area contributed by atoms with E-state index in [0.717, 1.165) is 48.8 Å². The molecule has 4 atom stereocenters. The minimum Gasteiger partial charge on any atom is -0.493 e. The van der Waals surface area contributed by atoms with Crippen molar-refractivity contribution >= 4 is 86.9 Å². The van der Waals surface area contributed by atoms with Crippen LogP contribution in [0.5, 0.6) is 11.5 Å². The summed E-state index contributed by atoms with van der Waals surface area (Å²) in [5.74, 6) is 1.14. The standard InChI is InChI=1S/C24H24ClN5O3.C12H16ClNO.C8H7BrN2O3.ClH/c1-15(31)28-21-11-10-19(23-26-12-3-13-27-23)22(30-21)24(32)29-20-5-2-4-16(20)14-33-18-8-6-17(25)7-9-18;13-10-4-6-11(7-5-10)15-8-9-2-1-3-12(9)14;1-4(12)10-6-3-2-5(9)7(11-6)8(13)14;/h3,6-13,16,20H,2,4-5,14H2,1H3,(H,29,32)(H,28,30,31);4-7,9,12H,1-3,8,14H2;2-3H,1H3,(H,13,14)(H,10,11,12);1H/t16-,20+;9-,12+;;/m11../s1. The molecule has 2 aliphatic carbocycles.